The van der Waals surface area contributed by atoms with Gasteiger partial charge in [-0.3, -0.25) is 4.79 Å². The van der Waals surface area contributed by atoms with Crippen molar-refractivity contribution >= 4 is 34.2 Å². The van der Waals surface area contributed by atoms with Gasteiger partial charge in [0.25, 0.3) is 0 Å². The van der Waals surface area contributed by atoms with E-state index in [0.717, 1.165) is 6.26 Å². The van der Waals surface area contributed by atoms with Crippen molar-refractivity contribution in [3.63, 3.8) is 0 Å². The number of hydrogen-bond acceptors (Lipinski definition) is 3. The van der Waals surface area contributed by atoms with Gasteiger partial charge in [0.2, 0.25) is 0 Å². The van der Waals surface area contributed by atoms with Crippen molar-refractivity contribution in [3.05, 3.63) is 23.4 Å². The molecule has 1 heterocycles. The van der Waals surface area contributed by atoms with Crippen LogP contribution in [0.15, 0.2) is 22.8 Å². The van der Waals surface area contributed by atoms with Gasteiger partial charge >= 0.3 is 12.1 Å². The number of halogens is 4. The van der Waals surface area contributed by atoms with Crippen molar-refractivity contribution in [2.24, 2.45) is 0 Å². The molecule has 0 atom stereocenters. The third-order valence-corrected chi connectivity index (χ3v) is 2.48. The SMILES string of the molecule is O=C(Nc1c(Cl)ccc2occ(O)c12)C(F)(F)F. The van der Waals surface area contributed by atoms with Gasteiger partial charge < -0.3 is 14.8 Å². The molecule has 1 aromatic carbocycles. The molecule has 0 spiro atoms. The molecular weight excluding hydrogens is 275 g/mol. The number of rotatable bonds is 1. The highest BCUT2D eigenvalue weighted by molar-refractivity contribution is 6.35. The second-order valence-corrected chi connectivity index (χ2v) is 3.78. The van der Waals surface area contributed by atoms with Crippen LogP contribution in [0.1, 0.15) is 0 Å². The summed E-state index contributed by atoms with van der Waals surface area (Å²) >= 11 is 5.69. The van der Waals surface area contributed by atoms with Gasteiger partial charge in [0.15, 0.2) is 5.75 Å². The summed E-state index contributed by atoms with van der Waals surface area (Å²) in [6, 6.07) is 2.61. The first-order valence-electron chi connectivity index (χ1n) is 4.57. The summed E-state index contributed by atoms with van der Waals surface area (Å²) in [5.41, 5.74) is -0.239. The zero-order chi connectivity index (χ0) is 13.5. The first-order valence-corrected chi connectivity index (χ1v) is 4.95. The van der Waals surface area contributed by atoms with E-state index in [2.05, 4.69) is 0 Å². The van der Waals surface area contributed by atoms with E-state index in [0.29, 0.717) is 0 Å². The molecule has 1 amide bonds. The van der Waals surface area contributed by atoms with Crippen molar-refractivity contribution in [1.29, 1.82) is 0 Å². The minimum Gasteiger partial charge on any atom is -0.504 e. The number of amides is 1. The zero-order valence-electron chi connectivity index (χ0n) is 8.51. The van der Waals surface area contributed by atoms with Crippen molar-refractivity contribution in [3.8, 4) is 5.75 Å². The topological polar surface area (TPSA) is 62.5 Å². The lowest BCUT2D eigenvalue weighted by Crippen LogP contribution is -2.30. The van der Waals surface area contributed by atoms with Crippen LogP contribution < -0.4 is 5.32 Å². The molecule has 0 saturated carbocycles. The monoisotopic (exact) mass is 279 g/mol. The Morgan fingerprint density at radius 3 is 2.67 bits per heavy atom. The van der Waals surface area contributed by atoms with Gasteiger partial charge in [0, 0.05) is 0 Å². The fourth-order valence-electron chi connectivity index (χ4n) is 1.40. The molecule has 1 aromatic heterocycles. The average molecular weight is 280 g/mol. The van der Waals surface area contributed by atoms with Gasteiger partial charge in [0.05, 0.1) is 16.1 Å². The van der Waals surface area contributed by atoms with Crippen LogP contribution in [0.4, 0.5) is 18.9 Å². The maximum atomic E-state index is 12.2. The molecule has 8 heteroatoms. The lowest BCUT2D eigenvalue weighted by molar-refractivity contribution is -0.167. The Morgan fingerprint density at radius 2 is 2.06 bits per heavy atom. The minimum absolute atomic E-state index is 0.0832. The predicted octanol–water partition coefficient (Wildman–Crippen LogP) is 3.29. The van der Waals surface area contributed by atoms with Gasteiger partial charge in [-0.25, -0.2) is 0 Å². The molecule has 0 saturated heterocycles. The van der Waals surface area contributed by atoms with E-state index >= 15 is 0 Å². The van der Waals surface area contributed by atoms with E-state index in [9.17, 15) is 23.1 Å². The molecule has 18 heavy (non-hydrogen) atoms. The number of alkyl halides is 3. The first-order chi connectivity index (χ1) is 8.30. The van der Waals surface area contributed by atoms with Crippen molar-refractivity contribution < 1.29 is 27.5 Å². The highest BCUT2D eigenvalue weighted by Crippen LogP contribution is 2.38. The highest BCUT2D eigenvalue weighted by atomic mass is 35.5. The Bertz CT molecular complexity index is 621. The smallest absolute Gasteiger partial charge is 0.471 e. The van der Waals surface area contributed by atoms with E-state index in [1.807, 2.05) is 0 Å². The molecule has 0 unspecified atom stereocenters. The molecule has 0 fully saturated rings. The molecule has 0 aliphatic heterocycles. The maximum Gasteiger partial charge on any atom is 0.471 e. The van der Waals surface area contributed by atoms with E-state index in [4.69, 9.17) is 16.0 Å². The molecule has 2 rings (SSSR count). The Hall–Kier alpha value is -1.89. The molecular formula is C10H5ClF3NO3. The minimum atomic E-state index is -5.05. The number of carbonyl (C=O) groups excluding carboxylic acids is 1. The normalized spacial score (nSPS) is 11.8. The van der Waals surface area contributed by atoms with E-state index in [1.54, 1.807) is 5.32 Å². The fraction of sp³-hybridized carbons (Fsp3) is 0.100. The lowest BCUT2D eigenvalue weighted by Gasteiger charge is -2.10. The summed E-state index contributed by atoms with van der Waals surface area (Å²) in [5.74, 6) is -2.59. The first kappa shape index (κ1) is 12.6. The van der Waals surface area contributed by atoms with Gasteiger partial charge in [0.1, 0.15) is 11.8 Å². The maximum absolute atomic E-state index is 12.2. The van der Waals surface area contributed by atoms with Crippen LogP contribution in [0.25, 0.3) is 11.0 Å². The summed E-state index contributed by atoms with van der Waals surface area (Å²) in [6.07, 6.45) is -4.12. The predicted molar refractivity (Wildman–Crippen MR) is 57.6 cm³/mol. The third kappa shape index (κ3) is 2.08. The van der Waals surface area contributed by atoms with Crippen LogP contribution in [-0.2, 0) is 4.79 Å². The Labute approximate surface area is 103 Å². The van der Waals surface area contributed by atoms with Crippen molar-refractivity contribution in [2.75, 3.05) is 5.32 Å². The number of carbonyl (C=O) groups is 1. The van der Waals surface area contributed by atoms with Gasteiger partial charge in [-0.05, 0) is 12.1 Å². The van der Waals surface area contributed by atoms with Crippen LogP contribution in [0, 0.1) is 0 Å². The van der Waals surface area contributed by atoms with E-state index in [1.165, 1.54) is 12.1 Å². The summed E-state index contributed by atoms with van der Waals surface area (Å²) in [5, 5.41) is 10.8. The van der Waals surface area contributed by atoms with Crippen LogP contribution in [0.5, 0.6) is 5.75 Å². The quantitative estimate of drug-likeness (QED) is 0.842. The number of fused-ring (bicyclic) bond motifs is 1. The molecule has 2 N–H and O–H groups in total. The Kier molecular flexibility index (Phi) is 2.86. The number of nitrogens with one attached hydrogen (secondary N) is 1. The van der Waals surface area contributed by atoms with Crippen LogP contribution in [0.2, 0.25) is 5.02 Å². The van der Waals surface area contributed by atoms with Gasteiger partial charge in [-0.1, -0.05) is 11.6 Å². The van der Waals surface area contributed by atoms with Crippen LogP contribution in [0.3, 0.4) is 0 Å². The summed E-state index contributed by atoms with van der Waals surface area (Å²) in [4.78, 5) is 10.9. The third-order valence-electron chi connectivity index (χ3n) is 2.17. The number of hydrogen-bond donors (Lipinski definition) is 2. The fourth-order valence-corrected chi connectivity index (χ4v) is 1.60. The molecule has 2 aromatic rings. The second-order valence-electron chi connectivity index (χ2n) is 3.37. The lowest BCUT2D eigenvalue weighted by atomic mass is 10.2. The molecule has 0 aliphatic carbocycles. The van der Waals surface area contributed by atoms with E-state index in [-0.39, 0.29) is 21.7 Å². The largest absolute Gasteiger partial charge is 0.504 e. The Balaban J connectivity index is 2.53. The Morgan fingerprint density at radius 1 is 1.39 bits per heavy atom. The standard InChI is InChI=1S/C10H5ClF3NO3/c11-4-1-2-6-7(5(16)3-18-6)8(4)15-9(17)10(12,13)14/h1-3,16H,(H,15,17). The van der Waals surface area contributed by atoms with Crippen molar-refractivity contribution in [2.45, 2.75) is 6.18 Å². The number of aromatic hydroxyl groups is 1. The van der Waals surface area contributed by atoms with Gasteiger partial charge in [-0.15, -0.1) is 0 Å². The van der Waals surface area contributed by atoms with Crippen molar-refractivity contribution in [1.82, 2.24) is 0 Å². The zero-order valence-corrected chi connectivity index (χ0v) is 9.26. The second kappa shape index (κ2) is 4.09. The van der Waals surface area contributed by atoms with Gasteiger partial charge in [-0.2, -0.15) is 13.2 Å². The summed E-state index contributed by atoms with van der Waals surface area (Å²) in [7, 11) is 0. The molecule has 96 valence electrons. The van der Waals surface area contributed by atoms with E-state index < -0.39 is 17.8 Å². The highest BCUT2D eigenvalue weighted by Gasteiger charge is 2.39. The molecule has 0 radical (unpaired) electrons. The molecule has 0 bridgehead atoms. The number of furan rings is 1. The number of benzene rings is 1. The summed E-state index contributed by atoms with van der Waals surface area (Å²) < 4.78 is 41.3. The average Bonchev–Trinajstić information content (AvgIpc) is 2.63. The number of anilines is 1. The van der Waals surface area contributed by atoms with Crippen LogP contribution in [-0.4, -0.2) is 17.2 Å². The van der Waals surface area contributed by atoms with Crippen LogP contribution >= 0.6 is 11.6 Å². The summed E-state index contributed by atoms with van der Waals surface area (Å²) in [6.45, 7) is 0. The molecule has 0 aliphatic rings. The molecule has 4 nitrogen and oxygen atoms in total.